The largest absolute Gasteiger partial charge is 0.358 e. The fourth-order valence-electron chi connectivity index (χ4n) is 2.12. The molecule has 106 valence electrons. The molecular formula is C16H9FN4S. The van der Waals surface area contributed by atoms with Crippen LogP contribution in [0, 0.1) is 28.5 Å². The third-order valence-electron chi connectivity index (χ3n) is 3.15. The Morgan fingerprint density at radius 3 is 2.77 bits per heavy atom. The van der Waals surface area contributed by atoms with Crippen LogP contribution in [0.1, 0.15) is 11.1 Å². The molecule has 0 saturated heterocycles. The molecule has 6 heteroatoms. The second-order valence-corrected chi connectivity index (χ2v) is 5.38. The van der Waals surface area contributed by atoms with Crippen LogP contribution in [-0.4, -0.2) is 4.98 Å². The number of halogens is 1. The van der Waals surface area contributed by atoms with Crippen molar-refractivity contribution in [3.05, 3.63) is 59.5 Å². The zero-order valence-electron chi connectivity index (χ0n) is 11.2. The predicted molar refractivity (Wildman–Crippen MR) is 83.6 cm³/mol. The summed E-state index contributed by atoms with van der Waals surface area (Å²) in [5.74, 6) is -0.435. The van der Waals surface area contributed by atoms with Gasteiger partial charge in [0.05, 0.1) is 33.8 Å². The van der Waals surface area contributed by atoms with Crippen molar-refractivity contribution in [3.63, 3.8) is 0 Å². The van der Waals surface area contributed by atoms with Crippen LogP contribution in [0.3, 0.4) is 0 Å². The monoisotopic (exact) mass is 308 g/mol. The number of hydrogen-bond acceptors (Lipinski definition) is 4. The summed E-state index contributed by atoms with van der Waals surface area (Å²) in [6, 6.07) is 14.1. The minimum absolute atomic E-state index is 0.271. The molecule has 4 nitrogen and oxygen atoms in total. The van der Waals surface area contributed by atoms with Gasteiger partial charge in [-0.25, -0.2) is 4.39 Å². The maximum Gasteiger partial charge on any atom is 0.134 e. The first-order valence-corrected chi connectivity index (χ1v) is 7.17. The van der Waals surface area contributed by atoms with E-state index in [9.17, 15) is 4.39 Å². The molecule has 2 aromatic carbocycles. The fraction of sp³-hybridized carbons (Fsp3) is 0. The highest BCUT2D eigenvalue weighted by molar-refractivity contribution is 8.00. The summed E-state index contributed by atoms with van der Waals surface area (Å²) in [4.78, 5) is 3.78. The number of aromatic amines is 1. The number of rotatable bonds is 3. The zero-order valence-corrected chi connectivity index (χ0v) is 12.0. The van der Waals surface area contributed by atoms with E-state index >= 15 is 0 Å². The molecule has 1 heterocycles. The number of H-pyrrole nitrogens is 1. The summed E-state index contributed by atoms with van der Waals surface area (Å²) < 4.78 is 17.0. The Bertz CT molecular complexity index is 933. The predicted octanol–water partition coefficient (Wildman–Crippen LogP) is 4.17. The summed E-state index contributed by atoms with van der Waals surface area (Å²) in [6.45, 7) is 0. The summed E-state index contributed by atoms with van der Waals surface area (Å²) in [7, 11) is 0. The van der Waals surface area contributed by atoms with Gasteiger partial charge in [0.15, 0.2) is 0 Å². The number of anilines is 1. The van der Waals surface area contributed by atoms with Crippen LogP contribution in [0.5, 0.6) is 0 Å². The third kappa shape index (κ3) is 2.48. The van der Waals surface area contributed by atoms with Crippen molar-refractivity contribution >= 4 is 28.5 Å². The first kappa shape index (κ1) is 14.0. The highest BCUT2D eigenvalue weighted by atomic mass is 32.2. The normalized spacial score (nSPS) is 10.1. The maximum atomic E-state index is 13.9. The number of nitrogens with one attached hydrogen (secondary N) is 2. The second-order valence-electron chi connectivity index (χ2n) is 4.50. The SMILES string of the molecule is N#Cc1cccc(SNc2ccc(F)c3c(C#N)c[nH]c23)c1. The van der Waals surface area contributed by atoms with Gasteiger partial charge < -0.3 is 9.71 Å². The van der Waals surface area contributed by atoms with Crippen molar-refractivity contribution < 1.29 is 4.39 Å². The molecule has 0 atom stereocenters. The lowest BCUT2D eigenvalue weighted by atomic mass is 10.1. The van der Waals surface area contributed by atoms with Crippen LogP contribution < -0.4 is 4.72 Å². The topological polar surface area (TPSA) is 75.4 Å². The summed E-state index contributed by atoms with van der Waals surface area (Å²) >= 11 is 1.31. The van der Waals surface area contributed by atoms with E-state index in [1.54, 1.807) is 24.3 Å². The van der Waals surface area contributed by atoms with E-state index in [2.05, 4.69) is 15.8 Å². The smallest absolute Gasteiger partial charge is 0.134 e. The van der Waals surface area contributed by atoms with Crippen molar-refractivity contribution in [1.29, 1.82) is 10.5 Å². The Morgan fingerprint density at radius 1 is 1.14 bits per heavy atom. The van der Waals surface area contributed by atoms with Gasteiger partial charge in [0.2, 0.25) is 0 Å². The molecule has 0 amide bonds. The minimum atomic E-state index is -0.435. The molecule has 0 aliphatic rings. The molecule has 3 aromatic rings. The average molecular weight is 308 g/mol. The van der Waals surface area contributed by atoms with E-state index in [1.165, 1.54) is 24.2 Å². The van der Waals surface area contributed by atoms with Crippen LogP contribution >= 0.6 is 11.9 Å². The van der Waals surface area contributed by atoms with Gasteiger partial charge in [-0.2, -0.15) is 10.5 Å². The third-order valence-corrected chi connectivity index (χ3v) is 3.96. The molecular weight excluding hydrogens is 299 g/mol. The summed E-state index contributed by atoms with van der Waals surface area (Å²) in [5, 5.41) is 18.2. The van der Waals surface area contributed by atoms with E-state index in [0.29, 0.717) is 16.8 Å². The molecule has 0 fully saturated rings. The van der Waals surface area contributed by atoms with Crippen molar-refractivity contribution in [3.8, 4) is 12.1 Å². The summed E-state index contributed by atoms with van der Waals surface area (Å²) in [5.41, 5.74) is 2.06. The second kappa shape index (κ2) is 5.80. The first-order valence-electron chi connectivity index (χ1n) is 6.35. The van der Waals surface area contributed by atoms with Gasteiger partial charge in [-0.05, 0) is 42.3 Å². The highest BCUT2D eigenvalue weighted by Gasteiger charge is 2.12. The Morgan fingerprint density at radius 2 is 2.00 bits per heavy atom. The molecule has 0 bridgehead atoms. The Kier molecular flexibility index (Phi) is 3.69. The lowest BCUT2D eigenvalue weighted by Gasteiger charge is -2.07. The Labute approximate surface area is 130 Å². The maximum absolute atomic E-state index is 13.9. The van der Waals surface area contributed by atoms with Gasteiger partial charge in [0, 0.05) is 11.1 Å². The molecule has 22 heavy (non-hydrogen) atoms. The zero-order chi connectivity index (χ0) is 15.5. The Balaban J connectivity index is 1.92. The number of aromatic nitrogens is 1. The van der Waals surface area contributed by atoms with Gasteiger partial charge in [-0.3, -0.25) is 0 Å². The molecule has 0 aliphatic heterocycles. The van der Waals surface area contributed by atoms with E-state index < -0.39 is 5.82 Å². The standard InChI is InChI=1S/C16H9FN4S/c17-13-4-5-14(16-15(13)11(8-19)9-20-16)21-22-12-3-1-2-10(6-12)7-18/h1-6,9,20-21H. The van der Waals surface area contributed by atoms with Crippen LogP contribution in [0.4, 0.5) is 10.1 Å². The number of nitriles is 2. The first-order chi connectivity index (χ1) is 10.7. The lowest BCUT2D eigenvalue weighted by Crippen LogP contribution is -1.90. The molecule has 2 N–H and O–H groups in total. The Hall–Kier alpha value is -2.96. The highest BCUT2D eigenvalue weighted by Crippen LogP contribution is 2.31. The molecule has 0 radical (unpaired) electrons. The molecule has 0 aliphatic carbocycles. The van der Waals surface area contributed by atoms with Gasteiger partial charge in [0.25, 0.3) is 0 Å². The number of fused-ring (bicyclic) bond motifs is 1. The van der Waals surface area contributed by atoms with Gasteiger partial charge >= 0.3 is 0 Å². The quantitative estimate of drug-likeness (QED) is 0.712. The molecule has 0 unspecified atom stereocenters. The van der Waals surface area contributed by atoms with Crippen molar-refractivity contribution in [1.82, 2.24) is 4.98 Å². The summed E-state index contributed by atoms with van der Waals surface area (Å²) in [6.07, 6.45) is 1.49. The van der Waals surface area contributed by atoms with E-state index in [0.717, 1.165) is 4.90 Å². The molecule has 3 rings (SSSR count). The average Bonchev–Trinajstić information content (AvgIpc) is 2.99. The van der Waals surface area contributed by atoms with Crippen LogP contribution in [-0.2, 0) is 0 Å². The van der Waals surface area contributed by atoms with Crippen molar-refractivity contribution in [2.24, 2.45) is 0 Å². The number of benzene rings is 2. The van der Waals surface area contributed by atoms with Gasteiger partial charge in [-0.1, -0.05) is 6.07 Å². The van der Waals surface area contributed by atoms with Crippen molar-refractivity contribution in [2.75, 3.05) is 4.72 Å². The fourth-order valence-corrected chi connectivity index (χ4v) is 2.85. The van der Waals surface area contributed by atoms with Gasteiger partial charge in [0.1, 0.15) is 11.9 Å². The minimum Gasteiger partial charge on any atom is -0.358 e. The lowest BCUT2D eigenvalue weighted by molar-refractivity contribution is 0.640. The van der Waals surface area contributed by atoms with Gasteiger partial charge in [-0.15, -0.1) is 0 Å². The van der Waals surface area contributed by atoms with E-state index in [4.69, 9.17) is 10.5 Å². The van der Waals surface area contributed by atoms with Crippen LogP contribution in [0.15, 0.2) is 47.5 Å². The van der Waals surface area contributed by atoms with E-state index in [1.807, 2.05) is 12.1 Å². The molecule has 0 saturated carbocycles. The number of nitrogens with zero attached hydrogens (tertiary/aromatic N) is 2. The number of hydrogen-bond donors (Lipinski definition) is 2. The molecule has 1 aromatic heterocycles. The van der Waals surface area contributed by atoms with Crippen LogP contribution in [0.25, 0.3) is 10.9 Å². The van der Waals surface area contributed by atoms with E-state index in [-0.39, 0.29) is 10.9 Å². The molecule has 0 spiro atoms. The van der Waals surface area contributed by atoms with Crippen molar-refractivity contribution in [2.45, 2.75) is 4.90 Å². The van der Waals surface area contributed by atoms with Crippen LogP contribution in [0.2, 0.25) is 0 Å².